The van der Waals surface area contributed by atoms with E-state index in [0.29, 0.717) is 16.0 Å². The number of rotatable bonds is 4. The molecule has 172 valence electrons. The summed E-state index contributed by atoms with van der Waals surface area (Å²) in [6.07, 6.45) is -0.775. The molecule has 0 aromatic heterocycles. The molecule has 1 atom stereocenters. The van der Waals surface area contributed by atoms with Gasteiger partial charge in [0.15, 0.2) is 0 Å². The molecule has 0 saturated heterocycles. The van der Waals surface area contributed by atoms with Crippen LogP contribution in [0, 0.1) is 17.1 Å². The fourth-order valence-electron chi connectivity index (χ4n) is 3.17. The zero-order valence-electron chi connectivity index (χ0n) is 18.2. The Labute approximate surface area is 194 Å². The van der Waals surface area contributed by atoms with E-state index in [2.05, 4.69) is 5.32 Å². The Morgan fingerprint density at radius 1 is 1.30 bits per heavy atom. The Morgan fingerprint density at radius 3 is 2.55 bits per heavy atom. The molecule has 1 heterocycles. The third-order valence-corrected chi connectivity index (χ3v) is 5.79. The number of halogens is 1. The summed E-state index contributed by atoms with van der Waals surface area (Å²) in [5, 5.41) is 20.9. The lowest BCUT2D eigenvalue weighted by Gasteiger charge is -2.27. The molecule has 0 radical (unpaired) electrons. The number of ether oxygens (including phenoxy) is 1. The van der Waals surface area contributed by atoms with E-state index in [1.807, 2.05) is 6.07 Å². The number of carbonyl (C=O) groups excluding carboxylic acids is 2. The summed E-state index contributed by atoms with van der Waals surface area (Å²) in [5.41, 5.74) is -0.00320. The van der Waals surface area contributed by atoms with Crippen LogP contribution in [0.3, 0.4) is 0 Å². The molecule has 2 aromatic rings. The number of nitriles is 1. The molecule has 1 unspecified atom stereocenters. The number of carboxylic acid groups (broad SMARTS) is 1. The van der Waals surface area contributed by atoms with E-state index in [1.54, 1.807) is 45.0 Å². The minimum atomic E-state index is -1.46. The minimum Gasteiger partial charge on any atom is -0.478 e. The van der Waals surface area contributed by atoms with Crippen LogP contribution in [0.25, 0.3) is 0 Å². The fraction of sp³-hybridized carbons (Fsp3) is 0.304. The van der Waals surface area contributed by atoms with Gasteiger partial charge in [0.2, 0.25) is 0 Å². The number of thioether (sulfide) groups is 1. The third kappa shape index (κ3) is 5.81. The van der Waals surface area contributed by atoms with Crippen molar-refractivity contribution in [2.45, 2.75) is 43.9 Å². The van der Waals surface area contributed by atoms with Gasteiger partial charge in [0.25, 0.3) is 5.91 Å². The van der Waals surface area contributed by atoms with E-state index in [1.165, 1.54) is 4.90 Å². The van der Waals surface area contributed by atoms with Crippen LogP contribution in [0.4, 0.5) is 14.9 Å². The largest absolute Gasteiger partial charge is 0.478 e. The van der Waals surface area contributed by atoms with Crippen LogP contribution < -0.4 is 10.2 Å². The topological polar surface area (TPSA) is 120 Å². The van der Waals surface area contributed by atoms with Gasteiger partial charge in [-0.15, -0.1) is 11.8 Å². The van der Waals surface area contributed by atoms with Crippen molar-refractivity contribution in [2.75, 3.05) is 10.7 Å². The molecule has 2 N–H and O–H groups in total. The number of fused-ring (bicyclic) bond motifs is 1. The van der Waals surface area contributed by atoms with E-state index < -0.39 is 41.0 Å². The van der Waals surface area contributed by atoms with Crippen LogP contribution in [0.15, 0.2) is 41.3 Å². The summed E-state index contributed by atoms with van der Waals surface area (Å²) >= 11 is 1.13. The summed E-state index contributed by atoms with van der Waals surface area (Å²) in [6, 6.07) is 9.75. The van der Waals surface area contributed by atoms with Crippen molar-refractivity contribution in [3.63, 3.8) is 0 Å². The van der Waals surface area contributed by atoms with E-state index >= 15 is 0 Å². The maximum atomic E-state index is 14.4. The van der Waals surface area contributed by atoms with Gasteiger partial charge in [0.05, 0.1) is 29.4 Å². The molecule has 1 aliphatic rings. The maximum absolute atomic E-state index is 14.4. The van der Waals surface area contributed by atoms with Crippen molar-refractivity contribution in [1.29, 1.82) is 5.26 Å². The lowest BCUT2D eigenvalue weighted by molar-refractivity contribution is -0.120. The Balaban J connectivity index is 2.00. The lowest BCUT2D eigenvalue weighted by atomic mass is 10.1. The Bertz CT molecular complexity index is 1140. The number of nitrogens with zero attached hydrogens (tertiary/aromatic N) is 2. The van der Waals surface area contributed by atoms with Crippen molar-refractivity contribution in [3.05, 3.63) is 58.9 Å². The predicted molar refractivity (Wildman–Crippen MR) is 120 cm³/mol. The van der Waals surface area contributed by atoms with Crippen LogP contribution in [0.2, 0.25) is 0 Å². The first-order valence-corrected chi connectivity index (χ1v) is 11.0. The number of nitrogens with one attached hydrogen (secondary N) is 1. The van der Waals surface area contributed by atoms with Gasteiger partial charge in [-0.3, -0.25) is 4.79 Å². The Hall–Kier alpha value is -3.58. The summed E-state index contributed by atoms with van der Waals surface area (Å²) in [6.45, 7) is 5.10. The van der Waals surface area contributed by atoms with Crippen molar-refractivity contribution in [1.82, 2.24) is 5.32 Å². The minimum absolute atomic E-state index is 0.0231. The molecule has 0 saturated carbocycles. The summed E-state index contributed by atoms with van der Waals surface area (Å²) < 4.78 is 19.6. The second-order valence-electron chi connectivity index (χ2n) is 8.35. The van der Waals surface area contributed by atoms with Gasteiger partial charge in [0, 0.05) is 10.6 Å². The van der Waals surface area contributed by atoms with Gasteiger partial charge >= 0.3 is 12.1 Å². The van der Waals surface area contributed by atoms with Crippen molar-refractivity contribution >= 4 is 35.4 Å². The number of hydrogen-bond acceptors (Lipinski definition) is 6. The molecule has 33 heavy (non-hydrogen) atoms. The fourth-order valence-corrected chi connectivity index (χ4v) is 4.24. The number of carboxylic acids is 1. The molecule has 0 aliphatic carbocycles. The van der Waals surface area contributed by atoms with E-state index in [9.17, 15) is 23.9 Å². The number of hydrogen-bond donors (Lipinski definition) is 2. The smallest absolute Gasteiger partial charge is 0.408 e. The van der Waals surface area contributed by atoms with E-state index in [4.69, 9.17) is 10.00 Å². The van der Waals surface area contributed by atoms with Gasteiger partial charge in [-0.05, 0) is 50.6 Å². The second kappa shape index (κ2) is 9.50. The Kier molecular flexibility index (Phi) is 6.93. The highest BCUT2D eigenvalue weighted by molar-refractivity contribution is 7.99. The van der Waals surface area contributed by atoms with Crippen LogP contribution in [-0.2, 0) is 16.1 Å². The van der Waals surface area contributed by atoms with Gasteiger partial charge in [-0.2, -0.15) is 5.26 Å². The number of carbonyl (C=O) groups is 3. The molecule has 1 aliphatic heterocycles. The zero-order chi connectivity index (χ0) is 24.3. The molecule has 0 bridgehead atoms. The lowest BCUT2D eigenvalue weighted by Crippen LogP contribution is -2.50. The molecule has 0 spiro atoms. The first-order valence-electron chi connectivity index (χ1n) is 9.98. The van der Waals surface area contributed by atoms with Crippen LogP contribution in [-0.4, -0.2) is 40.5 Å². The zero-order valence-corrected chi connectivity index (χ0v) is 19.0. The van der Waals surface area contributed by atoms with Crippen molar-refractivity contribution in [3.8, 4) is 6.07 Å². The van der Waals surface area contributed by atoms with Crippen LogP contribution >= 0.6 is 11.8 Å². The average molecular weight is 472 g/mol. The van der Waals surface area contributed by atoms with Gasteiger partial charge in [0.1, 0.15) is 17.5 Å². The number of aromatic carboxylic acids is 1. The Morgan fingerprint density at radius 2 is 1.97 bits per heavy atom. The maximum Gasteiger partial charge on any atom is 0.408 e. The summed E-state index contributed by atoms with van der Waals surface area (Å²) in [4.78, 5) is 38.9. The van der Waals surface area contributed by atoms with Gasteiger partial charge < -0.3 is 20.1 Å². The molecule has 3 rings (SSSR count). The van der Waals surface area contributed by atoms with Gasteiger partial charge in [-0.1, -0.05) is 12.1 Å². The summed E-state index contributed by atoms with van der Waals surface area (Å²) in [7, 11) is 0. The van der Waals surface area contributed by atoms with E-state index in [0.717, 1.165) is 23.9 Å². The highest BCUT2D eigenvalue weighted by Crippen LogP contribution is 2.37. The molecular formula is C23H22FN3O5S. The molecule has 0 fully saturated rings. The SMILES string of the molecule is CC(C)(C)OC(=O)NC1CSc2cc(F)c(C(=O)O)cc2N(Cc2ccc(C#N)cc2)C1=O. The average Bonchev–Trinajstić information content (AvgIpc) is 2.84. The summed E-state index contributed by atoms with van der Waals surface area (Å²) in [5.74, 6) is -2.78. The number of amides is 2. The molecule has 2 amide bonds. The standard InChI is InChI=1S/C23H22FN3O5S/c1-23(2,3)32-22(31)26-17-12-33-19-9-16(24)15(21(29)30)8-18(19)27(20(17)28)11-14-6-4-13(10-25)5-7-14/h4-9,17H,11-12H2,1-3H3,(H,26,31)(H,29,30). The van der Waals surface area contributed by atoms with Crippen LogP contribution in [0.5, 0.6) is 0 Å². The number of anilines is 1. The van der Waals surface area contributed by atoms with Crippen molar-refractivity contribution < 1.29 is 28.6 Å². The second-order valence-corrected chi connectivity index (χ2v) is 9.41. The molecular weight excluding hydrogens is 449 g/mol. The molecule has 10 heteroatoms. The predicted octanol–water partition coefficient (Wildman–Crippen LogP) is 3.93. The first kappa shape index (κ1) is 24.1. The first-order chi connectivity index (χ1) is 15.5. The van der Waals surface area contributed by atoms with Crippen molar-refractivity contribution in [2.24, 2.45) is 0 Å². The number of alkyl carbamates (subject to hydrolysis) is 1. The normalized spacial score (nSPS) is 15.8. The monoisotopic (exact) mass is 471 g/mol. The third-order valence-electron chi connectivity index (χ3n) is 4.65. The molecule has 8 nitrogen and oxygen atoms in total. The van der Waals surface area contributed by atoms with E-state index in [-0.39, 0.29) is 18.0 Å². The highest BCUT2D eigenvalue weighted by Gasteiger charge is 2.34. The van der Waals surface area contributed by atoms with Crippen LogP contribution in [0.1, 0.15) is 42.3 Å². The highest BCUT2D eigenvalue weighted by atomic mass is 32.2. The van der Waals surface area contributed by atoms with Gasteiger partial charge in [-0.25, -0.2) is 14.0 Å². The molecule has 2 aromatic carbocycles. The quantitative estimate of drug-likeness (QED) is 0.693. The number of benzene rings is 2.